The maximum absolute atomic E-state index is 11.7. The fraction of sp³-hybridized carbons (Fsp3) is 0.308. The molecule has 0 saturated heterocycles. The second-order valence-corrected chi connectivity index (χ2v) is 4.13. The van der Waals surface area contributed by atoms with Crippen LogP contribution in [0.2, 0.25) is 0 Å². The number of methoxy groups -OCH3 is 1. The number of esters is 1. The van der Waals surface area contributed by atoms with Crippen molar-refractivity contribution in [2.24, 2.45) is 11.7 Å². The van der Waals surface area contributed by atoms with Crippen LogP contribution in [0.15, 0.2) is 24.3 Å². The minimum Gasteiger partial charge on any atom is -0.465 e. The third kappa shape index (κ3) is 4.42. The fourth-order valence-electron chi connectivity index (χ4n) is 1.47. The van der Waals surface area contributed by atoms with Crippen molar-refractivity contribution in [2.75, 3.05) is 12.4 Å². The fourth-order valence-corrected chi connectivity index (χ4v) is 1.47. The number of carbonyl (C=O) groups is 3. The maximum atomic E-state index is 11.7. The summed E-state index contributed by atoms with van der Waals surface area (Å²) < 4.78 is 4.56. The highest BCUT2D eigenvalue weighted by Gasteiger charge is 2.15. The van der Waals surface area contributed by atoms with Crippen molar-refractivity contribution in [3.8, 4) is 0 Å². The zero-order valence-electron chi connectivity index (χ0n) is 10.8. The van der Waals surface area contributed by atoms with Gasteiger partial charge in [-0.15, -0.1) is 0 Å². The molecule has 1 unspecified atom stereocenters. The largest absolute Gasteiger partial charge is 0.465 e. The highest BCUT2D eigenvalue weighted by molar-refractivity contribution is 5.95. The summed E-state index contributed by atoms with van der Waals surface area (Å²) in [4.78, 5) is 33.6. The van der Waals surface area contributed by atoms with Crippen LogP contribution in [-0.4, -0.2) is 24.9 Å². The van der Waals surface area contributed by atoms with Gasteiger partial charge in [0.25, 0.3) is 0 Å². The molecule has 6 nitrogen and oxygen atoms in total. The van der Waals surface area contributed by atoms with Gasteiger partial charge in [0.05, 0.1) is 12.7 Å². The van der Waals surface area contributed by atoms with E-state index in [1.54, 1.807) is 31.2 Å². The SMILES string of the molecule is COC(=O)c1ccc(NC(=O)C(C)CC(N)=O)cc1. The molecule has 0 saturated carbocycles. The summed E-state index contributed by atoms with van der Waals surface area (Å²) >= 11 is 0. The van der Waals surface area contributed by atoms with Crippen LogP contribution in [0, 0.1) is 5.92 Å². The van der Waals surface area contributed by atoms with Crippen LogP contribution < -0.4 is 11.1 Å². The summed E-state index contributed by atoms with van der Waals surface area (Å²) in [5.74, 6) is -1.77. The minimum absolute atomic E-state index is 0.00786. The van der Waals surface area contributed by atoms with Crippen LogP contribution in [0.4, 0.5) is 5.69 Å². The highest BCUT2D eigenvalue weighted by atomic mass is 16.5. The van der Waals surface area contributed by atoms with Gasteiger partial charge in [0.15, 0.2) is 0 Å². The van der Waals surface area contributed by atoms with Crippen molar-refractivity contribution in [3.63, 3.8) is 0 Å². The zero-order valence-corrected chi connectivity index (χ0v) is 10.8. The quantitative estimate of drug-likeness (QED) is 0.772. The van der Waals surface area contributed by atoms with Gasteiger partial charge in [0.1, 0.15) is 0 Å². The van der Waals surface area contributed by atoms with E-state index in [9.17, 15) is 14.4 Å². The van der Waals surface area contributed by atoms with Gasteiger partial charge in [-0.1, -0.05) is 6.92 Å². The molecular weight excluding hydrogens is 248 g/mol. The molecule has 19 heavy (non-hydrogen) atoms. The molecule has 1 aromatic rings. The molecule has 1 atom stereocenters. The number of hydrogen-bond donors (Lipinski definition) is 2. The molecule has 0 spiro atoms. The molecule has 0 aliphatic carbocycles. The Kier molecular flexibility index (Phi) is 5.05. The average Bonchev–Trinajstić information content (AvgIpc) is 2.37. The zero-order chi connectivity index (χ0) is 14.4. The summed E-state index contributed by atoms with van der Waals surface area (Å²) in [7, 11) is 1.30. The van der Waals surface area contributed by atoms with E-state index in [1.807, 2.05) is 0 Å². The van der Waals surface area contributed by atoms with Crippen molar-refractivity contribution < 1.29 is 19.1 Å². The average molecular weight is 264 g/mol. The number of benzene rings is 1. The number of carbonyl (C=O) groups excluding carboxylic acids is 3. The smallest absolute Gasteiger partial charge is 0.337 e. The van der Waals surface area contributed by atoms with Crippen molar-refractivity contribution in [3.05, 3.63) is 29.8 Å². The Hall–Kier alpha value is -2.37. The molecule has 0 aliphatic rings. The molecule has 0 aliphatic heterocycles. The van der Waals surface area contributed by atoms with Gasteiger partial charge in [-0.25, -0.2) is 4.79 Å². The summed E-state index contributed by atoms with van der Waals surface area (Å²) in [5, 5.41) is 2.63. The molecule has 1 rings (SSSR count). The summed E-state index contributed by atoms with van der Waals surface area (Å²) in [6.07, 6.45) is -0.00786. The van der Waals surface area contributed by atoms with Gasteiger partial charge < -0.3 is 15.8 Å². The van der Waals surface area contributed by atoms with Crippen LogP contribution in [0.1, 0.15) is 23.7 Å². The number of nitrogens with one attached hydrogen (secondary N) is 1. The number of hydrogen-bond acceptors (Lipinski definition) is 4. The Bertz CT molecular complexity index is 482. The van der Waals surface area contributed by atoms with E-state index < -0.39 is 17.8 Å². The lowest BCUT2D eigenvalue weighted by Crippen LogP contribution is -2.25. The number of nitrogens with two attached hydrogens (primary N) is 1. The molecule has 1 aromatic carbocycles. The van der Waals surface area contributed by atoms with Crippen molar-refractivity contribution in [2.45, 2.75) is 13.3 Å². The first-order valence-electron chi connectivity index (χ1n) is 5.71. The number of rotatable bonds is 5. The summed E-state index contributed by atoms with van der Waals surface area (Å²) in [6.45, 7) is 1.61. The molecule has 6 heteroatoms. The molecule has 0 aromatic heterocycles. The van der Waals surface area contributed by atoms with Gasteiger partial charge in [-0.2, -0.15) is 0 Å². The van der Waals surface area contributed by atoms with E-state index in [0.717, 1.165) is 0 Å². The monoisotopic (exact) mass is 264 g/mol. The van der Waals surface area contributed by atoms with Gasteiger partial charge in [-0.3, -0.25) is 9.59 Å². The number of primary amides is 1. The molecule has 0 heterocycles. The Morgan fingerprint density at radius 3 is 2.32 bits per heavy atom. The maximum Gasteiger partial charge on any atom is 0.337 e. The van der Waals surface area contributed by atoms with E-state index in [-0.39, 0.29) is 12.3 Å². The lowest BCUT2D eigenvalue weighted by molar-refractivity contribution is -0.125. The molecule has 2 amide bonds. The highest BCUT2D eigenvalue weighted by Crippen LogP contribution is 2.12. The Balaban J connectivity index is 2.65. The first-order chi connectivity index (χ1) is 8.93. The Morgan fingerprint density at radius 2 is 1.84 bits per heavy atom. The molecule has 0 fully saturated rings. The van der Waals surface area contributed by atoms with Crippen LogP contribution in [0.5, 0.6) is 0 Å². The van der Waals surface area contributed by atoms with Crippen LogP contribution in [0.3, 0.4) is 0 Å². The molecule has 0 radical (unpaired) electrons. The van der Waals surface area contributed by atoms with E-state index in [1.165, 1.54) is 7.11 Å². The third-order valence-corrected chi connectivity index (χ3v) is 2.53. The lowest BCUT2D eigenvalue weighted by Gasteiger charge is -2.10. The minimum atomic E-state index is -0.524. The van der Waals surface area contributed by atoms with Crippen molar-refractivity contribution >= 4 is 23.5 Å². The summed E-state index contributed by atoms with van der Waals surface area (Å²) in [5.41, 5.74) is 5.95. The third-order valence-electron chi connectivity index (χ3n) is 2.53. The second-order valence-electron chi connectivity index (χ2n) is 4.13. The van der Waals surface area contributed by atoms with Crippen molar-refractivity contribution in [1.29, 1.82) is 0 Å². The molecular formula is C13H16N2O4. The van der Waals surface area contributed by atoms with Crippen LogP contribution in [0.25, 0.3) is 0 Å². The van der Waals surface area contributed by atoms with Gasteiger partial charge in [-0.05, 0) is 24.3 Å². The normalized spacial score (nSPS) is 11.5. The molecule has 3 N–H and O–H groups in total. The second kappa shape index (κ2) is 6.53. The lowest BCUT2D eigenvalue weighted by atomic mass is 10.1. The van der Waals surface area contributed by atoms with E-state index in [2.05, 4.69) is 10.1 Å². The topological polar surface area (TPSA) is 98.5 Å². The molecule has 102 valence electrons. The van der Waals surface area contributed by atoms with E-state index in [4.69, 9.17) is 5.73 Å². The first kappa shape index (κ1) is 14.7. The Labute approximate surface area is 110 Å². The standard InChI is InChI=1S/C13H16N2O4/c1-8(7-11(14)16)12(17)15-10-5-3-9(4-6-10)13(18)19-2/h3-6,8H,7H2,1-2H3,(H2,14,16)(H,15,17). The summed E-state index contributed by atoms with van der Waals surface area (Å²) in [6, 6.07) is 6.25. The van der Waals surface area contributed by atoms with Gasteiger partial charge in [0, 0.05) is 18.0 Å². The van der Waals surface area contributed by atoms with Crippen molar-refractivity contribution in [1.82, 2.24) is 0 Å². The molecule has 0 bridgehead atoms. The van der Waals surface area contributed by atoms with Gasteiger partial charge in [0.2, 0.25) is 11.8 Å². The first-order valence-corrected chi connectivity index (χ1v) is 5.71. The Morgan fingerprint density at radius 1 is 1.26 bits per heavy atom. The van der Waals surface area contributed by atoms with Gasteiger partial charge >= 0.3 is 5.97 Å². The van der Waals surface area contributed by atoms with Crippen LogP contribution >= 0.6 is 0 Å². The predicted molar refractivity (Wildman–Crippen MR) is 69.4 cm³/mol. The number of anilines is 1. The number of ether oxygens (including phenoxy) is 1. The number of amides is 2. The van der Waals surface area contributed by atoms with Crippen LogP contribution in [-0.2, 0) is 14.3 Å². The van der Waals surface area contributed by atoms with E-state index in [0.29, 0.717) is 11.3 Å². The predicted octanol–water partition coefficient (Wildman–Crippen LogP) is 0.923. The van der Waals surface area contributed by atoms with E-state index >= 15 is 0 Å².